The lowest BCUT2D eigenvalue weighted by Crippen LogP contribution is -2.29. The van der Waals surface area contributed by atoms with Gasteiger partial charge >= 0.3 is 5.97 Å². The number of carboxylic acid groups (broad SMARTS) is 1. The van der Waals surface area contributed by atoms with Gasteiger partial charge in [0.25, 0.3) is 5.56 Å². The highest BCUT2D eigenvalue weighted by Crippen LogP contribution is 2.25. The summed E-state index contributed by atoms with van der Waals surface area (Å²) in [6, 6.07) is 10.3. The second-order valence-electron chi connectivity index (χ2n) is 5.10. The van der Waals surface area contributed by atoms with Crippen molar-refractivity contribution in [2.45, 2.75) is 26.3 Å². The largest absolute Gasteiger partial charge is 0.497 e. The maximum atomic E-state index is 12.5. The Labute approximate surface area is 128 Å². The van der Waals surface area contributed by atoms with Gasteiger partial charge in [-0.05, 0) is 55.3 Å². The lowest BCUT2D eigenvalue weighted by Gasteiger charge is -2.19. The molecule has 0 aliphatic carbocycles. The zero-order valence-corrected chi connectivity index (χ0v) is 12.9. The van der Waals surface area contributed by atoms with Crippen LogP contribution < -0.4 is 10.3 Å². The van der Waals surface area contributed by atoms with Gasteiger partial charge in [-0.1, -0.05) is 6.92 Å². The van der Waals surface area contributed by atoms with Crippen molar-refractivity contribution < 1.29 is 14.6 Å². The first kappa shape index (κ1) is 15.8. The summed E-state index contributed by atoms with van der Waals surface area (Å²) < 4.78 is 6.68. The normalized spacial score (nSPS) is 12.0. The van der Waals surface area contributed by atoms with Gasteiger partial charge in [0.1, 0.15) is 11.3 Å². The first-order valence-corrected chi connectivity index (χ1v) is 7.12. The molecule has 0 saturated carbocycles. The van der Waals surface area contributed by atoms with Crippen molar-refractivity contribution in [3.8, 4) is 17.0 Å². The zero-order chi connectivity index (χ0) is 16.3. The lowest BCUT2D eigenvalue weighted by molar-refractivity contribution is 0.0694. The third-order valence-electron chi connectivity index (χ3n) is 3.76. The molecule has 5 nitrogen and oxygen atoms in total. The number of pyridine rings is 1. The minimum Gasteiger partial charge on any atom is -0.497 e. The van der Waals surface area contributed by atoms with E-state index in [4.69, 9.17) is 9.84 Å². The number of carbonyl (C=O) groups is 1. The number of benzene rings is 1. The predicted molar refractivity (Wildman–Crippen MR) is 84.7 cm³/mol. The molecule has 1 atom stereocenters. The third kappa shape index (κ3) is 2.88. The monoisotopic (exact) mass is 301 g/mol. The van der Waals surface area contributed by atoms with E-state index in [0.29, 0.717) is 5.69 Å². The molecule has 1 N–H and O–H groups in total. The summed E-state index contributed by atoms with van der Waals surface area (Å²) in [5.74, 6) is -0.480. The Morgan fingerprint density at radius 2 is 1.86 bits per heavy atom. The highest BCUT2D eigenvalue weighted by molar-refractivity contribution is 5.87. The van der Waals surface area contributed by atoms with Gasteiger partial charge in [-0.2, -0.15) is 0 Å². The molecule has 0 spiro atoms. The summed E-state index contributed by atoms with van der Waals surface area (Å²) >= 11 is 0. The molecule has 0 saturated heterocycles. The van der Waals surface area contributed by atoms with Gasteiger partial charge < -0.3 is 14.4 Å². The SMILES string of the molecule is CCC(C)n1c(-c2ccc(OC)cc2)ccc(C(=O)O)c1=O. The summed E-state index contributed by atoms with van der Waals surface area (Å²) in [6.45, 7) is 3.86. The molecule has 0 aliphatic heterocycles. The van der Waals surface area contributed by atoms with Crippen molar-refractivity contribution in [1.82, 2.24) is 4.57 Å². The highest BCUT2D eigenvalue weighted by atomic mass is 16.5. The third-order valence-corrected chi connectivity index (χ3v) is 3.76. The Hall–Kier alpha value is -2.56. The maximum Gasteiger partial charge on any atom is 0.341 e. The summed E-state index contributed by atoms with van der Waals surface area (Å²) in [5, 5.41) is 9.14. The molecule has 22 heavy (non-hydrogen) atoms. The number of aromatic carboxylic acids is 1. The first-order chi connectivity index (χ1) is 10.5. The van der Waals surface area contributed by atoms with Crippen LogP contribution in [0.1, 0.15) is 36.7 Å². The molecule has 116 valence electrons. The molecule has 1 aromatic heterocycles. The van der Waals surface area contributed by atoms with Crippen LogP contribution in [0.15, 0.2) is 41.2 Å². The molecule has 1 heterocycles. The molecule has 0 aliphatic rings. The van der Waals surface area contributed by atoms with Crippen LogP contribution in [0.25, 0.3) is 11.3 Å². The molecule has 2 aromatic rings. The van der Waals surface area contributed by atoms with Crippen molar-refractivity contribution in [1.29, 1.82) is 0 Å². The fourth-order valence-electron chi connectivity index (χ4n) is 2.33. The van der Waals surface area contributed by atoms with Crippen molar-refractivity contribution in [2.24, 2.45) is 0 Å². The first-order valence-electron chi connectivity index (χ1n) is 7.12. The Morgan fingerprint density at radius 1 is 1.23 bits per heavy atom. The number of hydrogen-bond donors (Lipinski definition) is 1. The maximum absolute atomic E-state index is 12.5. The number of carboxylic acids is 1. The minimum atomic E-state index is -1.21. The Kier molecular flexibility index (Phi) is 4.65. The van der Waals surface area contributed by atoms with Crippen LogP contribution in [0.3, 0.4) is 0 Å². The van der Waals surface area contributed by atoms with E-state index >= 15 is 0 Å². The zero-order valence-electron chi connectivity index (χ0n) is 12.9. The summed E-state index contributed by atoms with van der Waals surface area (Å²) in [7, 11) is 1.59. The van der Waals surface area contributed by atoms with Crippen molar-refractivity contribution in [3.63, 3.8) is 0 Å². The number of aromatic nitrogens is 1. The number of rotatable bonds is 5. The lowest BCUT2D eigenvalue weighted by atomic mass is 10.1. The van der Waals surface area contributed by atoms with E-state index in [9.17, 15) is 9.59 Å². The molecule has 2 rings (SSSR count). The van der Waals surface area contributed by atoms with Crippen molar-refractivity contribution in [3.05, 3.63) is 52.3 Å². The second-order valence-corrected chi connectivity index (χ2v) is 5.10. The van der Waals surface area contributed by atoms with Crippen LogP contribution in [-0.4, -0.2) is 22.8 Å². The molecule has 1 unspecified atom stereocenters. The van der Waals surface area contributed by atoms with Crippen LogP contribution in [0.2, 0.25) is 0 Å². The van der Waals surface area contributed by atoms with Gasteiger partial charge in [0, 0.05) is 6.04 Å². The number of ether oxygens (including phenoxy) is 1. The van der Waals surface area contributed by atoms with Crippen molar-refractivity contribution in [2.75, 3.05) is 7.11 Å². The molecule has 1 aromatic carbocycles. The molecule has 5 heteroatoms. The van der Waals surface area contributed by atoms with Crippen LogP contribution in [-0.2, 0) is 0 Å². The van der Waals surface area contributed by atoms with Crippen LogP contribution >= 0.6 is 0 Å². The molecular formula is C17H19NO4. The summed E-state index contributed by atoms with van der Waals surface area (Å²) in [6.07, 6.45) is 0.728. The van der Waals surface area contributed by atoms with E-state index in [1.165, 1.54) is 6.07 Å². The van der Waals surface area contributed by atoms with E-state index in [-0.39, 0.29) is 11.6 Å². The predicted octanol–water partition coefficient (Wildman–Crippen LogP) is 3.19. The van der Waals surface area contributed by atoms with Crippen molar-refractivity contribution >= 4 is 5.97 Å². The molecule has 0 bridgehead atoms. The fraction of sp³-hybridized carbons (Fsp3) is 0.294. The van der Waals surface area contributed by atoms with Gasteiger partial charge in [0.15, 0.2) is 0 Å². The van der Waals surface area contributed by atoms with Gasteiger partial charge in [0.2, 0.25) is 0 Å². The minimum absolute atomic E-state index is 0.0936. The number of hydrogen-bond acceptors (Lipinski definition) is 3. The van der Waals surface area contributed by atoms with Crippen LogP contribution in [0.5, 0.6) is 5.75 Å². The molecule has 0 radical (unpaired) electrons. The quantitative estimate of drug-likeness (QED) is 0.921. The molecule has 0 fully saturated rings. The van der Waals surface area contributed by atoms with Gasteiger partial charge in [-0.25, -0.2) is 4.79 Å². The van der Waals surface area contributed by atoms with E-state index in [1.54, 1.807) is 17.7 Å². The number of nitrogens with zero attached hydrogens (tertiary/aromatic N) is 1. The standard InChI is InChI=1S/C17H19NO4/c1-4-11(2)18-15(10-9-14(16(18)19)17(20)21)12-5-7-13(22-3)8-6-12/h5-11H,4H2,1-3H3,(H,20,21). The summed E-state index contributed by atoms with van der Waals surface area (Å²) in [5.41, 5.74) is 0.856. The van der Waals surface area contributed by atoms with Gasteiger partial charge in [0.05, 0.1) is 12.8 Å². The topological polar surface area (TPSA) is 68.5 Å². The van der Waals surface area contributed by atoms with Crippen LogP contribution in [0, 0.1) is 0 Å². The van der Waals surface area contributed by atoms with E-state index in [1.807, 2.05) is 38.1 Å². The second kappa shape index (κ2) is 6.47. The van der Waals surface area contributed by atoms with Crippen LogP contribution in [0.4, 0.5) is 0 Å². The summed E-state index contributed by atoms with van der Waals surface area (Å²) in [4.78, 5) is 23.7. The fourth-order valence-corrected chi connectivity index (χ4v) is 2.33. The number of methoxy groups -OCH3 is 1. The Bertz CT molecular complexity index is 731. The molecule has 0 amide bonds. The Morgan fingerprint density at radius 3 is 2.36 bits per heavy atom. The van der Waals surface area contributed by atoms with Gasteiger partial charge in [-0.3, -0.25) is 4.79 Å². The highest BCUT2D eigenvalue weighted by Gasteiger charge is 2.18. The van der Waals surface area contributed by atoms with Gasteiger partial charge in [-0.15, -0.1) is 0 Å². The van der Waals surface area contributed by atoms with E-state index < -0.39 is 11.5 Å². The van der Waals surface area contributed by atoms with E-state index in [0.717, 1.165) is 17.7 Å². The average Bonchev–Trinajstić information content (AvgIpc) is 2.53. The van der Waals surface area contributed by atoms with E-state index in [2.05, 4.69) is 0 Å². The molecular weight excluding hydrogens is 282 g/mol. The average molecular weight is 301 g/mol. The Balaban J connectivity index is 2.66. The smallest absolute Gasteiger partial charge is 0.341 e.